The van der Waals surface area contributed by atoms with E-state index in [4.69, 9.17) is 0 Å². The van der Waals surface area contributed by atoms with E-state index in [9.17, 15) is 14.7 Å². The Bertz CT molecular complexity index is 626. The molecule has 0 fully saturated rings. The van der Waals surface area contributed by atoms with Crippen LogP contribution in [-0.4, -0.2) is 29.1 Å². The average molecular weight is 320 g/mol. The number of hydroxylamine groups is 1. The van der Waals surface area contributed by atoms with Gasteiger partial charge in [-0.2, -0.15) is 0 Å². The number of carbonyl (C=O) groups is 2. The van der Waals surface area contributed by atoms with Crippen molar-refractivity contribution in [3.63, 3.8) is 0 Å². The summed E-state index contributed by atoms with van der Waals surface area (Å²) in [6.07, 6.45) is -0.977. The van der Waals surface area contributed by atoms with Crippen LogP contribution in [0, 0.1) is 0 Å². The predicted octanol–water partition coefficient (Wildman–Crippen LogP) is 2.72. The molecule has 2 amide bonds. The zero-order valence-corrected chi connectivity index (χ0v) is 12.8. The van der Waals surface area contributed by atoms with E-state index in [1.54, 1.807) is 24.3 Å². The van der Waals surface area contributed by atoms with Gasteiger partial charge in [-0.3, -0.25) is 14.5 Å². The lowest BCUT2D eigenvalue weighted by Crippen LogP contribution is -2.28. The molecule has 0 aliphatic heterocycles. The second-order valence-corrected chi connectivity index (χ2v) is 5.58. The van der Waals surface area contributed by atoms with Crippen LogP contribution in [-0.2, 0) is 17.9 Å². The number of nitrogens with one attached hydrogen (secondary N) is 1. The Balaban J connectivity index is 2.03. The number of carbonyl (C=O) groups excluding carboxylic acids is 1. The number of thiophene rings is 1. The molecule has 116 valence electrons. The van der Waals surface area contributed by atoms with E-state index in [1.165, 1.54) is 23.3 Å². The maximum absolute atomic E-state index is 11.6. The summed E-state index contributed by atoms with van der Waals surface area (Å²) in [4.78, 5) is 29.8. The first-order chi connectivity index (χ1) is 10.6. The normalized spacial score (nSPS) is 10.2. The van der Waals surface area contributed by atoms with Crippen molar-refractivity contribution in [3.05, 3.63) is 57.8 Å². The van der Waals surface area contributed by atoms with Crippen molar-refractivity contribution in [2.45, 2.75) is 13.1 Å². The van der Waals surface area contributed by atoms with Crippen molar-refractivity contribution in [1.82, 2.24) is 10.4 Å². The summed E-state index contributed by atoms with van der Waals surface area (Å²) in [7, 11) is 1.36. The number of amides is 2. The summed E-state index contributed by atoms with van der Waals surface area (Å²) < 4.78 is 0. The van der Waals surface area contributed by atoms with E-state index in [0.29, 0.717) is 12.1 Å². The zero-order valence-electron chi connectivity index (χ0n) is 12.0. The second-order valence-electron chi connectivity index (χ2n) is 4.55. The molecule has 1 aromatic heterocycles. The topological polar surface area (TPSA) is 78.9 Å². The minimum Gasteiger partial charge on any atom is -0.465 e. The van der Waals surface area contributed by atoms with Gasteiger partial charge in [-0.05, 0) is 29.1 Å². The molecule has 0 spiro atoms. The highest BCUT2D eigenvalue weighted by Gasteiger charge is 2.14. The van der Waals surface area contributed by atoms with Crippen molar-refractivity contribution in [2.75, 3.05) is 7.11 Å². The minimum atomic E-state index is -0.977. The van der Waals surface area contributed by atoms with E-state index < -0.39 is 6.09 Å². The molecule has 0 aliphatic carbocycles. The molecule has 0 atom stereocenters. The van der Waals surface area contributed by atoms with Gasteiger partial charge in [0.05, 0.1) is 13.7 Å². The third kappa shape index (κ3) is 4.31. The molecule has 1 aromatic carbocycles. The van der Waals surface area contributed by atoms with Crippen LogP contribution in [0.4, 0.5) is 4.79 Å². The Hall–Kier alpha value is -2.38. The lowest BCUT2D eigenvalue weighted by Gasteiger charge is -2.18. The first-order valence-corrected chi connectivity index (χ1v) is 7.40. The van der Waals surface area contributed by atoms with Gasteiger partial charge in [0, 0.05) is 17.0 Å². The summed E-state index contributed by atoms with van der Waals surface area (Å²) in [5, 5.41) is 11.2. The number of hydrogen-bond acceptors (Lipinski definition) is 4. The number of nitrogens with zero attached hydrogens (tertiary/aromatic N) is 1. The molecule has 22 heavy (non-hydrogen) atoms. The number of benzene rings is 1. The fourth-order valence-electron chi connectivity index (χ4n) is 1.92. The summed E-state index contributed by atoms with van der Waals surface area (Å²) in [5.74, 6) is -0.345. The van der Waals surface area contributed by atoms with Crippen molar-refractivity contribution < 1.29 is 19.5 Å². The van der Waals surface area contributed by atoms with Crippen LogP contribution in [0.15, 0.2) is 41.8 Å². The third-order valence-corrected chi connectivity index (χ3v) is 3.84. The van der Waals surface area contributed by atoms with E-state index in [1.807, 2.05) is 17.5 Å². The first kappa shape index (κ1) is 16.0. The molecule has 7 heteroatoms. The molecule has 0 unspecified atom stereocenters. The van der Waals surface area contributed by atoms with Crippen LogP contribution in [0.5, 0.6) is 0 Å². The Morgan fingerprint density at radius 1 is 1.23 bits per heavy atom. The lowest BCUT2D eigenvalue weighted by atomic mass is 10.1. The van der Waals surface area contributed by atoms with Crippen LogP contribution in [0.2, 0.25) is 0 Å². The minimum absolute atomic E-state index is 0.263. The van der Waals surface area contributed by atoms with Crippen LogP contribution < -0.4 is 5.48 Å². The molecule has 2 rings (SSSR count). The molecule has 6 nitrogen and oxygen atoms in total. The predicted molar refractivity (Wildman–Crippen MR) is 82.5 cm³/mol. The molecule has 0 radical (unpaired) electrons. The lowest BCUT2D eigenvalue weighted by molar-refractivity contribution is 0.0537. The van der Waals surface area contributed by atoms with Gasteiger partial charge in [0.2, 0.25) is 0 Å². The average Bonchev–Trinajstić information content (AvgIpc) is 3.00. The smallest absolute Gasteiger partial charge is 0.407 e. The summed E-state index contributed by atoms with van der Waals surface area (Å²) in [5.41, 5.74) is 3.49. The molecule has 0 saturated carbocycles. The van der Waals surface area contributed by atoms with Gasteiger partial charge in [0.1, 0.15) is 0 Å². The Morgan fingerprint density at radius 3 is 2.50 bits per heavy atom. The van der Waals surface area contributed by atoms with Gasteiger partial charge >= 0.3 is 6.09 Å². The molecular formula is C15H16N2O4S. The number of carboxylic acid groups (broad SMARTS) is 1. The van der Waals surface area contributed by atoms with Crippen molar-refractivity contribution in [3.8, 4) is 0 Å². The summed E-state index contributed by atoms with van der Waals surface area (Å²) >= 11 is 1.52. The molecule has 0 saturated heterocycles. The second kappa shape index (κ2) is 7.58. The van der Waals surface area contributed by atoms with Gasteiger partial charge in [-0.25, -0.2) is 10.3 Å². The maximum Gasteiger partial charge on any atom is 0.407 e. The Labute approximate surface area is 131 Å². The fourth-order valence-corrected chi connectivity index (χ4v) is 2.63. The van der Waals surface area contributed by atoms with Gasteiger partial charge in [-0.15, -0.1) is 11.3 Å². The highest BCUT2D eigenvalue weighted by molar-refractivity contribution is 7.09. The molecule has 1 heterocycles. The zero-order chi connectivity index (χ0) is 15.9. The van der Waals surface area contributed by atoms with Crippen LogP contribution in [0.25, 0.3) is 0 Å². The van der Waals surface area contributed by atoms with Crippen molar-refractivity contribution in [1.29, 1.82) is 0 Å². The highest BCUT2D eigenvalue weighted by atomic mass is 32.1. The largest absolute Gasteiger partial charge is 0.465 e. The van der Waals surface area contributed by atoms with E-state index in [0.717, 1.165) is 10.4 Å². The SMILES string of the molecule is CONC(=O)c1ccc(CN(Cc2cccs2)C(=O)O)cc1. The highest BCUT2D eigenvalue weighted by Crippen LogP contribution is 2.15. The van der Waals surface area contributed by atoms with Gasteiger partial charge in [-0.1, -0.05) is 18.2 Å². The molecule has 0 aliphatic rings. The third-order valence-electron chi connectivity index (χ3n) is 2.98. The van der Waals surface area contributed by atoms with Crippen molar-refractivity contribution >= 4 is 23.3 Å². The maximum atomic E-state index is 11.6. The van der Waals surface area contributed by atoms with E-state index in [2.05, 4.69) is 10.3 Å². The Morgan fingerprint density at radius 2 is 1.95 bits per heavy atom. The Kier molecular flexibility index (Phi) is 5.51. The molecule has 0 bridgehead atoms. The van der Waals surface area contributed by atoms with Gasteiger partial charge in [0.15, 0.2) is 0 Å². The molecule has 2 N–H and O–H groups in total. The summed E-state index contributed by atoms with van der Waals surface area (Å²) in [6, 6.07) is 10.5. The standard InChI is InChI=1S/C15H16N2O4S/c1-21-16-14(18)12-6-4-11(5-7-12)9-17(15(19)20)10-13-3-2-8-22-13/h2-8H,9-10H2,1H3,(H,16,18)(H,19,20). The van der Waals surface area contributed by atoms with E-state index in [-0.39, 0.29) is 12.5 Å². The quantitative estimate of drug-likeness (QED) is 0.802. The molecule has 2 aromatic rings. The fraction of sp³-hybridized carbons (Fsp3) is 0.200. The van der Waals surface area contributed by atoms with Crippen molar-refractivity contribution in [2.24, 2.45) is 0 Å². The van der Waals surface area contributed by atoms with Gasteiger partial charge < -0.3 is 5.11 Å². The van der Waals surface area contributed by atoms with Crippen LogP contribution >= 0.6 is 11.3 Å². The number of rotatable bonds is 6. The van der Waals surface area contributed by atoms with Crippen LogP contribution in [0.1, 0.15) is 20.8 Å². The first-order valence-electron chi connectivity index (χ1n) is 6.52. The van der Waals surface area contributed by atoms with Crippen LogP contribution in [0.3, 0.4) is 0 Å². The molecular weight excluding hydrogens is 304 g/mol. The van der Waals surface area contributed by atoms with E-state index >= 15 is 0 Å². The monoisotopic (exact) mass is 320 g/mol. The summed E-state index contributed by atoms with van der Waals surface area (Å²) in [6.45, 7) is 0.609. The van der Waals surface area contributed by atoms with Gasteiger partial charge in [0.25, 0.3) is 5.91 Å². The number of hydrogen-bond donors (Lipinski definition) is 2.